The number of fused-ring (bicyclic) bond motifs is 1. The largest absolute Gasteiger partial charge is 0.376 e. The number of hydrogen-bond acceptors (Lipinski definition) is 2. The molecule has 1 aromatic rings. The fraction of sp³-hybridized carbons (Fsp3) is 0.538. The fourth-order valence-electron chi connectivity index (χ4n) is 3.24. The van der Waals surface area contributed by atoms with Crippen molar-refractivity contribution in [2.75, 3.05) is 23.8 Å². The average Bonchev–Trinajstić information content (AvgIpc) is 2.63. The molecule has 2 aliphatic rings. The molecule has 4 heteroatoms. The van der Waals surface area contributed by atoms with Gasteiger partial charge < -0.3 is 10.2 Å². The van der Waals surface area contributed by atoms with Crippen molar-refractivity contribution < 1.29 is 8.78 Å². The maximum absolute atomic E-state index is 13.7. The highest BCUT2D eigenvalue weighted by atomic mass is 19.1. The Morgan fingerprint density at radius 3 is 2.65 bits per heavy atom. The summed E-state index contributed by atoms with van der Waals surface area (Å²) in [5.74, 6) is -1.000. The molecule has 92 valence electrons. The molecule has 3 rings (SSSR count). The second-order valence-corrected chi connectivity index (χ2v) is 5.25. The van der Waals surface area contributed by atoms with Crippen LogP contribution in [0.25, 0.3) is 0 Å². The van der Waals surface area contributed by atoms with E-state index in [0.29, 0.717) is 11.4 Å². The number of nitrogens with one attached hydrogen (secondary N) is 1. The Labute approximate surface area is 99.6 Å². The van der Waals surface area contributed by atoms with Crippen molar-refractivity contribution >= 4 is 11.4 Å². The monoisotopic (exact) mass is 238 g/mol. The molecule has 0 atom stereocenters. The zero-order valence-electron chi connectivity index (χ0n) is 9.89. The molecule has 1 aliphatic heterocycles. The molecule has 0 radical (unpaired) electrons. The van der Waals surface area contributed by atoms with Crippen molar-refractivity contribution in [3.8, 4) is 0 Å². The van der Waals surface area contributed by atoms with E-state index in [0.717, 1.165) is 25.5 Å². The normalized spacial score (nSPS) is 21.5. The van der Waals surface area contributed by atoms with Gasteiger partial charge in [0.15, 0.2) is 5.82 Å². The van der Waals surface area contributed by atoms with E-state index >= 15 is 0 Å². The van der Waals surface area contributed by atoms with Gasteiger partial charge in [-0.25, -0.2) is 8.78 Å². The SMILES string of the molecule is CN1CC2(CCCC2)Nc2cc(F)cc(F)c21. The molecule has 0 aromatic heterocycles. The summed E-state index contributed by atoms with van der Waals surface area (Å²) in [4.78, 5) is 1.91. The maximum atomic E-state index is 13.7. The number of anilines is 2. The summed E-state index contributed by atoms with van der Waals surface area (Å²) in [6.45, 7) is 0.794. The van der Waals surface area contributed by atoms with Gasteiger partial charge in [-0.05, 0) is 18.9 Å². The van der Waals surface area contributed by atoms with Crippen LogP contribution in [0.1, 0.15) is 25.7 Å². The minimum Gasteiger partial charge on any atom is -0.376 e. The molecule has 2 nitrogen and oxygen atoms in total. The van der Waals surface area contributed by atoms with Crippen LogP contribution in [0.3, 0.4) is 0 Å². The van der Waals surface area contributed by atoms with Gasteiger partial charge in [0.25, 0.3) is 0 Å². The van der Waals surface area contributed by atoms with Gasteiger partial charge in [-0.15, -0.1) is 0 Å². The summed E-state index contributed by atoms with van der Waals surface area (Å²) in [5.41, 5.74) is 1.10. The molecule has 1 aliphatic carbocycles. The minimum atomic E-state index is -0.516. The summed E-state index contributed by atoms with van der Waals surface area (Å²) < 4.78 is 27.0. The first-order valence-corrected chi connectivity index (χ1v) is 6.08. The lowest BCUT2D eigenvalue weighted by Gasteiger charge is -2.42. The van der Waals surface area contributed by atoms with E-state index in [1.165, 1.54) is 18.9 Å². The molecule has 1 aromatic carbocycles. The molecule has 17 heavy (non-hydrogen) atoms. The van der Waals surface area contributed by atoms with E-state index < -0.39 is 11.6 Å². The smallest absolute Gasteiger partial charge is 0.151 e. The topological polar surface area (TPSA) is 15.3 Å². The van der Waals surface area contributed by atoms with Crippen molar-refractivity contribution in [2.45, 2.75) is 31.2 Å². The van der Waals surface area contributed by atoms with Gasteiger partial charge in [0.1, 0.15) is 5.82 Å². The van der Waals surface area contributed by atoms with Crippen molar-refractivity contribution in [3.05, 3.63) is 23.8 Å². The molecule has 1 N–H and O–H groups in total. The molecule has 0 amide bonds. The molecule has 1 spiro atoms. The second kappa shape index (κ2) is 3.59. The summed E-state index contributed by atoms with van der Waals surface area (Å²) in [6, 6.07) is 2.35. The van der Waals surface area contributed by atoms with Gasteiger partial charge in [0, 0.05) is 19.7 Å². The maximum Gasteiger partial charge on any atom is 0.151 e. The molecule has 1 heterocycles. The van der Waals surface area contributed by atoms with Gasteiger partial charge in [0.05, 0.1) is 16.9 Å². The fourth-order valence-corrected chi connectivity index (χ4v) is 3.24. The van der Waals surface area contributed by atoms with E-state index in [1.807, 2.05) is 11.9 Å². The highest BCUT2D eigenvalue weighted by molar-refractivity contribution is 5.74. The van der Waals surface area contributed by atoms with Crippen molar-refractivity contribution in [1.82, 2.24) is 0 Å². The first-order valence-electron chi connectivity index (χ1n) is 6.08. The van der Waals surface area contributed by atoms with Gasteiger partial charge in [-0.3, -0.25) is 0 Å². The van der Waals surface area contributed by atoms with E-state index in [-0.39, 0.29) is 5.54 Å². The Morgan fingerprint density at radius 1 is 1.24 bits per heavy atom. The summed E-state index contributed by atoms with van der Waals surface area (Å²) in [7, 11) is 1.88. The quantitative estimate of drug-likeness (QED) is 0.747. The van der Waals surface area contributed by atoms with Crippen LogP contribution in [0, 0.1) is 11.6 Å². The Balaban J connectivity index is 2.05. The zero-order valence-corrected chi connectivity index (χ0v) is 9.89. The number of hydrogen-bond donors (Lipinski definition) is 1. The number of rotatable bonds is 0. The van der Waals surface area contributed by atoms with Gasteiger partial charge >= 0.3 is 0 Å². The Morgan fingerprint density at radius 2 is 1.94 bits per heavy atom. The third kappa shape index (κ3) is 1.66. The van der Waals surface area contributed by atoms with E-state index in [4.69, 9.17) is 0 Å². The molecular weight excluding hydrogens is 222 g/mol. The lowest BCUT2D eigenvalue weighted by Crippen LogP contribution is -2.49. The third-order valence-corrected chi connectivity index (χ3v) is 3.91. The highest BCUT2D eigenvalue weighted by Gasteiger charge is 2.39. The molecule has 0 bridgehead atoms. The summed E-state index contributed by atoms with van der Waals surface area (Å²) >= 11 is 0. The van der Waals surface area contributed by atoms with E-state index in [1.54, 1.807) is 0 Å². The van der Waals surface area contributed by atoms with Gasteiger partial charge in [-0.2, -0.15) is 0 Å². The average molecular weight is 238 g/mol. The number of likely N-dealkylation sites (N-methyl/N-ethyl adjacent to an activating group) is 1. The number of halogens is 2. The van der Waals surface area contributed by atoms with Crippen molar-refractivity contribution in [1.29, 1.82) is 0 Å². The predicted molar refractivity (Wildman–Crippen MR) is 64.4 cm³/mol. The van der Waals surface area contributed by atoms with E-state index in [2.05, 4.69) is 5.32 Å². The summed E-state index contributed by atoms with van der Waals surface area (Å²) in [6.07, 6.45) is 4.53. The lowest BCUT2D eigenvalue weighted by molar-refractivity contribution is 0.464. The van der Waals surface area contributed by atoms with Crippen LogP contribution in [-0.4, -0.2) is 19.1 Å². The van der Waals surface area contributed by atoms with Crippen LogP contribution < -0.4 is 10.2 Å². The highest BCUT2D eigenvalue weighted by Crippen LogP contribution is 2.42. The van der Waals surface area contributed by atoms with Crippen LogP contribution in [0.4, 0.5) is 20.2 Å². The van der Waals surface area contributed by atoms with Crippen LogP contribution in [0.2, 0.25) is 0 Å². The molecule has 0 unspecified atom stereocenters. The lowest BCUT2D eigenvalue weighted by atomic mass is 9.93. The second-order valence-electron chi connectivity index (χ2n) is 5.25. The number of nitrogens with zero attached hydrogens (tertiary/aromatic N) is 1. The first kappa shape index (κ1) is 10.8. The molecular formula is C13H16F2N2. The molecule has 1 saturated carbocycles. The Hall–Kier alpha value is -1.32. The Bertz CT molecular complexity index is 453. The summed E-state index contributed by atoms with van der Waals surface area (Å²) in [5, 5.41) is 3.36. The molecule has 0 saturated heterocycles. The molecule has 1 fully saturated rings. The van der Waals surface area contributed by atoms with Crippen LogP contribution >= 0.6 is 0 Å². The number of benzene rings is 1. The van der Waals surface area contributed by atoms with Crippen LogP contribution in [0.5, 0.6) is 0 Å². The van der Waals surface area contributed by atoms with Crippen LogP contribution in [-0.2, 0) is 0 Å². The third-order valence-electron chi connectivity index (χ3n) is 3.91. The van der Waals surface area contributed by atoms with E-state index in [9.17, 15) is 8.78 Å². The minimum absolute atomic E-state index is 0.0159. The zero-order chi connectivity index (χ0) is 12.0. The van der Waals surface area contributed by atoms with Crippen molar-refractivity contribution in [3.63, 3.8) is 0 Å². The first-order chi connectivity index (χ1) is 8.10. The predicted octanol–water partition coefficient (Wildman–Crippen LogP) is 3.14. The standard InChI is InChI=1S/C13H16F2N2/c1-17-8-13(4-2-3-5-13)16-11-7-9(14)6-10(15)12(11)17/h6-7,16H,2-5,8H2,1H3. The van der Waals surface area contributed by atoms with Crippen molar-refractivity contribution in [2.24, 2.45) is 0 Å². The van der Waals surface area contributed by atoms with Gasteiger partial charge in [-0.1, -0.05) is 12.8 Å². The Kier molecular flexibility index (Phi) is 2.28. The van der Waals surface area contributed by atoms with Gasteiger partial charge in [0.2, 0.25) is 0 Å². The van der Waals surface area contributed by atoms with Crippen LogP contribution in [0.15, 0.2) is 12.1 Å².